The van der Waals surface area contributed by atoms with Gasteiger partial charge < -0.3 is 11.1 Å². The fraction of sp³-hybridized carbons (Fsp3) is 0.571. The minimum atomic E-state index is -0.279. The number of rotatable bonds is 2. The summed E-state index contributed by atoms with van der Waals surface area (Å²) in [6.07, 6.45) is 3.58. The van der Waals surface area contributed by atoms with Crippen LogP contribution in [0.1, 0.15) is 33.1 Å². The zero-order valence-electron chi connectivity index (χ0n) is 10.5. The molecule has 1 aromatic rings. The van der Waals surface area contributed by atoms with Crippen LogP contribution in [0.2, 0.25) is 0 Å². The molecule has 1 fully saturated rings. The summed E-state index contributed by atoms with van der Waals surface area (Å²) in [4.78, 5) is 0. The molecule has 0 spiro atoms. The highest BCUT2D eigenvalue weighted by molar-refractivity contribution is 5.66. The minimum absolute atomic E-state index is 0.279. The first-order valence-electron chi connectivity index (χ1n) is 6.38. The van der Waals surface area contributed by atoms with Crippen molar-refractivity contribution in [2.45, 2.75) is 39.2 Å². The van der Waals surface area contributed by atoms with Gasteiger partial charge in [-0.05, 0) is 49.3 Å². The lowest BCUT2D eigenvalue weighted by Crippen LogP contribution is -2.30. The Balaban J connectivity index is 2.01. The van der Waals surface area contributed by atoms with Gasteiger partial charge in [0.15, 0.2) is 0 Å². The molecule has 3 heteroatoms. The van der Waals surface area contributed by atoms with Gasteiger partial charge in [0.2, 0.25) is 0 Å². The summed E-state index contributed by atoms with van der Waals surface area (Å²) in [5.74, 6) is 1.26. The highest BCUT2D eigenvalue weighted by atomic mass is 19.1. The van der Waals surface area contributed by atoms with Crippen molar-refractivity contribution < 1.29 is 4.39 Å². The Bertz CT molecular complexity index is 392. The van der Waals surface area contributed by atoms with Gasteiger partial charge >= 0.3 is 0 Å². The van der Waals surface area contributed by atoms with Gasteiger partial charge in [-0.2, -0.15) is 0 Å². The van der Waals surface area contributed by atoms with Gasteiger partial charge in [-0.3, -0.25) is 0 Å². The molecule has 0 bridgehead atoms. The molecule has 0 radical (unpaired) electrons. The SMILES string of the molecule is CC1CCC(Nc2ccc(F)cc2N)CC1C. The lowest BCUT2D eigenvalue weighted by molar-refractivity contribution is 0.261. The molecule has 0 saturated heterocycles. The van der Waals surface area contributed by atoms with Crippen LogP contribution in [-0.4, -0.2) is 6.04 Å². The van der Waals surface area contributed by atoms with Gasteiger partial charge in [0.1, 0.15) is 5.82 Å². The summed E-state index contributed by atoms with van der Waals surface area (Å²) in [5.41, 5.74) is 7.15. The van der Waals surface area contributed by atoms with Crippen LogP contribution in [0.25, 0.3) is 0 Å². The summed E-state index contributed by atoms with van der Waals surface area (Å²) >= 11 is 0. The van der Waals surface area contributed by atoms with Gasteiger partial charge in [-0.25, -0.2) is 4.39 Å². The molecule has 94 valence electrons. The normalized spacial score (nSPS) is 29.0. The van der Waals surface area contributed by atoms with Crippen LogP contribution >= 0.6 is 0 Å². The molecule has 1 saturated carbocycles. The number of anilines is 2. The van der Waals surface area contributed by atoms with Crippen LogP contribution in [-0.2, 0) is 0 Å². The lowest BCUT2D eigenvalue weighted by Gasteiger charge is -2.33. The largest absolute Gasteiger partial charge is 0.397 e. The van der Waals surface area contributed by atoms with Crippen molar-refractivity contribution in [2.75, 3.05) is 11.1 Å². The summed E-state index contributed by atoms with van der Waals surface area (Å²) in [6, 6.07) is 5.02. The third-order valence-electron chi connectivity index (χ3n) is 3.97. The Morgan fingerprint density at radius 3 is 2.65 bits per heavy atom. The average Bonchev–Trinajstić information content (AvgIpc) is 2.27. The highest BCUT2D eigenvalue weighted by Crippen LogP contribution is 2.32. The van der Waals surface area contributed by atoms with E-state index in [1.165, 1.54) is 25.0 Å². The summed E-state index contributed by atoms with van der Waals surface area (Å²) in [6.45, 7) is 4.61. The van der Waals surface area contributed by atoms with E-state index in [0.717, 1.165) is 23.9 Å². The molecular formula is C14H21FN2. The summed E-state index contributed by atoms with van der Waals surface area (Å²) in [5, 5.41) is 3.44. The van der Waals surface area contributed by atoms with E-state index in [0.29, 0.717) is 11.7 Å². The van der Waals surface area contributed by atoms with Gasteiger partial charge in [0.05, 0.1) is 11.4 Å². The van der Waals surface area contributed by atoms with E-state index in [-0.39, 0.29) is 5.82 Å². The zero-order valence-corrected chi connectivity index (χ0v) is 10.5. The number of hydrogen-bond donors (Lipinski definition) is 2. The maximum absolute atomic E-state index is 12.9. The van der Waals surface area contributed by atoms with Crippen LogP contribution in [0, 0.1) is 17.7 Å². The van der Waals surface area contributed by atoms with Crippen molar-refractivity contribution in [3.05, 3.63) is 24.0 Å². The smallest absolute Gasteiger partial charge is 0.125 e. The van der Waals surface area contributed by atoms with Crippen LogP contribution in [0.3, 0.4) is 0 Å². The molecule has 0 aromatic heterocycles. The predicted octanol–water partition coefficient (Wildman–Crippen LogP) is 3.64. The molecule has 1 aliphatic carbocycles. The Morgan fingerprint density at radius 1 is 1.24 bits per heavy atom. The Labute approximate surface area is 102 Å². The first-order valence-corrected chi connectivity index (χ1v) is 6.38. The fourth-order valence-corrected chi connectivity index (χ4v) is 2.56. The van der Waals surface area contributed by atoms with Crippen LogP contribution < -0.4 is 11.1 Å². The molecule has 17 heavy (non-hydrogen) atoms. The second kappa shape index (κ2) is 4.94. The van der Waals surface area contributed by atoms with Crippen molar-refractivity contribution in [2.24, 2.45) is 11.8 Å². The standard InChI is InChI=1S/C14H21FN2/c1-9-3-5-12(7-10(9)2)17-14-6-4-11(15)8-13(14)16/h4,6,8-10,12,17H,3,5,7,16H2,1-2H3. The molecule has 0 amide bonds. The number of nitrogen functional groups attached to an aromatic ring is 1. The molecule has 2 nitrogen and oxygen atoms in total. The van der Waals surface area contributed by atoms with E-state index < -0.39 is 0 Å². The summed E-state index contributed by atoms with van der Waals surface area (Å²) < 4.78 is 12.9. The maximum Gasteiger partial charge on any atom is 0.125 e. The van der Waals surface area contributed by atoms with E-state index in [1.54, 1.807) is 6.07 Å². The molecule has 3 unspecified atom stereocenters. The molecule has 2 rings (SSSR count). The number of hydrogen-bond acceptors (Lipinski definition) is 2. The third-order valence-corrected chi connectivity index (χ3v) is 3.97. The Kier molecular flexibility index (Phi) is 3.55. The second-order valence-corrected chi connectivity index (χ2v) is 5.34. The van der Waals surface area contributed by atoms with Crippen LogP contribution in [0.5, 0.6) is 0 Å². The van der Waals surface area contributed by atoms with E-state index in [9.17, 15) is 4.39 Å². The fourth-order valence-electron chi connectivity index (χ4n) is 2.56. The number of halogens is 1. The molecule has 0 heterocycles. The first kappa shape index (κ1) is 12.2. The van der Waals surface area contributed by atoms with Gasteiger partial charge in [-0.15, -0.1) is 0 Å². The Morgan fingerprint density at radius 2 is 2.00 bits per heavy atom. The second-order valence-electron chi connectivity index (χ2n) is 5.34. The summed E-state index contributed by atoms with van der Waals surface area (Å²) in [7, 11) is 0. The molecule has 3 atom stereocenters. The molecular weight excluding hydrogens is 215 g/mol. The monoisotopic (exact) mass is 236 g/mol. The van der Waals surface area contributed by atoms with Crippen LogP contribution in [0.4, 0.5) is 15.8 Å². The van der Waals surface area contributed by atoms with E-state index in [1.807, 2.05) is 0 Å². The maximum atomic E-state index is 12.9. The first-order chi connectivity index (χ1) is 8.06. The van der Waals surface area contributed by atoms with E-state index >= 15 is 0 Å². The third kappa shape index (κ3) is 2.90. The van der Waals surface area contributed by atoms with Crippen molar-refractivity contribution in [3.63, 3.8) is 0 Å². The zero-order chi connectivity index (χ0) is 12.4. The lowest BCUT2D eigenvalue weighted by atomic mass is 9.79. The molecule has 0 aliphatic heterocycles. The predicted molar refractivity (Wildman–Crippen MR) is 70.4 cm³/mol. The van der Waals surface area contributed by atoms with Gasteiger partial charge in [0.25, 0.3) is 0 Å². The minimum Gasteiger partial charge on any atom is -0.397 e. The van der Waals surface area contributed by atoms with Crippen molar-refractivity contribution in [3.8, 4) is 0 Å². The number of benzene rings is 1. The average molecular weight is 236 g/mol. The number of nitrogens with one attached hydrogen (secondary N) is 1. The van der Waals surface area contributed by atoms with Crippen molar-refractivity contribution in [1.82, 2.24) is 0 Å². The van der Waals surface area contributed by atoms with Gasteiger partial charge in [-0.1, -0.05) is 13.8 Å². The Hall–Kier alpha value is -1.25. The van der Waals surface area contributed by atoms with E-state index in [2.05, 4.69) is 19.2 Å². The quantitative estimate of drug-likeness (QED) is 0.769. The molecule has 3 N–H and O–H groups in total. The van der Waals surface area contributed by atoms with E-state index in [4.69, 9.17) is 5.73 Å². The molecule has 1 aromatic carbocycles. The van der Waals surface area contributed by atoms with Crippen molar-refractivity contribution >= 4 is 11.4 Å². The van der Waals surface area contributed by atoms with Crippen LogP contribution in [0.15, 0.2) is 18.2 Å². The van der Waals surface area contributed by atoms with Gasteiger partial charge in [0, 0.05) is 6.04 Å². The molecule has 1 aliphatic rings. The number of nitrogens with two attached hydrogens (primary N) is 1. The highest BCUT2D eigenvalue weighted by Gasteiger charge is 2.24. The van der Waals surface area contributed by atoms with Crippen molar-refractivity contribution in [1.29, 1.82) is 0 Å². The topological polar surface area (TPSA) is 38.0 Å².